The number of nitrogens with one attached hydrogen (secondary N) is 1. The molecule has 1 aliphatic heterocycles. The Bertz CT molecular complexity index is 614. The van der Waals surface area contributed by atoms with E-state index in [0.717, 1.165) is 42.3 Å². The van der Waals surface area contributed by atoms with Crippen LogP contribution in [0.1, 0.15) is 42.5 Å². The van der Waals surface area contributed by atoms with Gasteiger partial charge in [-0.2, -0.15) is 0 Å². The molecule has 0 radical (unpaired) electrons. The van der Waals surface area contributed by atoms with Crippen LogP contribution in [-0.4, -0.2) is 23.5 Å². The highest BCUT2D eigenvalue weighted by molar-refractivity contribution is 6.31. The second kappa shape index (κ2) is 5.98. The Hall–Kier alpha value is -1.32. The number of carbonyl (C=O) groups excluding carboxylic acids is 1. The highest BCUT2D eigenvalue weighted by Crippen LogP contribution is 2.24. The van der Waals surface area contributed by atoms with Crippen molar-refractivity contribution >= 4 is 28.3 Å². The van der Waals surface area contributed by atoms with Gasteiger partial charge in [0.2, 0.25) is 0 Å². The van der Waals surface area contributed by atoms with Gasteiger partial charge in [0.25, 0.3) is 0 Å². The van der Waals surface area contributed by atoms with Crippen LogP contribution in [0.2, 0.25) is 5.02 Å². The van der Waals surface area contributed by atoms with E-state index in [1.165, 1.54) is 6.42 Å². The SMILES string of the molecule is O=C(CCC1CCCCO1)c1c[nH]c2cc(Cl)ccc12. The molecular formula is C16H18ClNO2. The molecule has 0 saturated carbocycles. The molecule has 0 bridgehead atoms. The first-order valence-electron chi connectivity index (χ1n) is 7.15. The van der Waals surface area contributed by atoms with Crippen molar-refractivity contribution in [3.8, 4) is 0 Å². The van der Waals surface area contributed by atoms with E-state index in [-0.39, 0.29) is 11.9 Å². The number of H-pyrrole nitrogens is 1. The summed E-state index contributed by atoms with van der Waals surface area (Å²) in [5, 5.41) is 1.62. The number of hydrogen-bond donors (Lipinski definition) is 1. The number of ether oxygens (including phenoxy) is 1. The monoisotopic (exact) mass is 291 g/mol. The number of rotatable bonds is 4. The van der Waals surface area contributed by atoms with Gasteiger partial charge in [0.1, 0.15) is 0 Å². The second-order valence-corrected chi connectivity index (χ2v) is 5.78. The predicted molar refractivity (Wildman–Crippen MR) is 80.5 cm³/mol. The van der Waals surface area contributed by atoms with Crippen molar-refractivity contribution in [3.63, 3.8) is 0 Å². The molecule has 1 N–H and O–H groups in total. The molecule has 1 atom stereocenters. The number of halogens is 1. The first-order valence-corrected chi connectivity index (χ1v) is 7.53. The molecule has 3 nitrogen and oxygen atoms in total. The number of Topliss-reactive ketones (excluding diaryl/α,β-unsaturated/α-hetero) is 1. The lowest BCUT2D eigenvalue weighted by atomic mass is 10.00. The fourth-order valence-electron chi connectivity index (χ4n) is 2.79. The largest absolute Gasteiger partial charge is 0.378 e. The fourth-order valence-corrected chi connectivity index (χ4v) is 2.96. The Labute approximate surface area is 123 Å². The second-order valence-electron chi connectivity index (χ2n) is 5.34. The van der Waals surface area contributed by atoms with Crippen molar-refractivity contribution in [3.05, 3.63) is 35.0 Å². The summed E-state index contributed by atoms with van der Waals surface area (Å²) in [7, 11) is 0. The standard InChI is InChI=1S/C16H18ClNO2/c17-11-4-6-13-14(10-18-15(13)9-11)16(19)7-5-12-3-1-2-8-20-12/h4,6,9-10,12,18H,1-3,5,7-8H2. The first kappa shape index (κ1) is 13.7. The molecule has 1 unspecified atom stereocenters. The van der Waals surface area contributed by atoms with E-state index in [4.69, 9.17) is 16.3 Å². The van der Waals surface area contributed by atoms with Gasteiger partial charge in [0.05, 0.1) is 6.10 Å². The lowest BCUT2D eigenvalue weighted by molar-refractivity contribution is 0.0104. The molecule has 4 heteroatoms. The van der Waals surface area contributed by atoms with Crippen LogP contribution in [0.15, 0.2) is 24.4 Å². The molecule has 3 rings (SSSR count). The van der Waals surface area contributed by atoms with Crippen LogP contribution >= 0.6 is 11.6 Å². The van der Waals surface area contributed by atoms with Crippen LogP contribution in [0.25, 0.3) is 10.9 Å². The molecular weight excluding hydrogens is 274 g/mol. The van der Waals surface area contributed by atoms with Crippen molar-refractivity contribution in [1.82, 2.24) is 4.98 Å². The summed E-state index contributed by atoms with van der Waals surface area (Å²) in [5.41, 5.74) is 1.67. The van der Waals surface area contributed by atoms with Gasteiger partial charge >= 0.3 is 0 Å². The summed E-state index contributed by atoms with van der Waals surface area (Å²) < 4.78 is 5.67. The Morgan fingerprint density at radius 2 is 2.30 bits per heavy atom. The Morgan fingerprint density at radius 1 is 1.40 bits per heavy atom. The smallest absolute Gasteiger partial charge is 0.165 e. The number of ketones is 1. The Morgan fingerprint density at radius 3 is 3.10 bits per heavy atom. The number of hydrogen-bond acceptors (Lipinski definition) is 2. The highest BCUT2D eigenvalue weighted by atomic mass is 35.5. The molecule has 2 aromatic rings. The van der Waals surface area contributed by atoms with Crippen molar-refractivity contribution in [2.75, 3.05) is 6.61 Å². The van der Waals surface area contributed by atoms with E-state index in [0.29, 0.717) is 11.4 Å². The molecule has 0 spiro atoms. The number of carbonyl (C=O) groups is 1. The van der Waals surface area contributed by atoms with E-state index in [2.05, 4.69) is 4.98 Å². The van der Waals surface area contributed by atoms with Crippen LogP contribution in [0.4, 0.5) is 0 Å². The first-order chi connectivity index (χ1) is 9.74. The Balaban J connectivity index is 1.69. The normalized spacial score (nSPS) is 19.4. The van der Waals surface area contributed by atoms with Crippen molar-refractivity contribution in [1.29, 1.82) is 0 Å². The lowest BCUT2D eigenvalue weighted by Crippen LogP contribution is -2.19. The number of aromatic amines is 1. The van der Waals surface area contributed by atoms with Crippen molar-refractivity contribution in [2.24, 2.45) is 0 Å². The predicted octanol–water partition coefficient (Wildman–Crippen LogP) is 4.35. The molecule has 1 fully saturated rings. The summed E-state index contributed by atoms with van der Waals surface area (Å²) in [6, 6.07) is 5.56. The summed E-state index contributed by atoms with van der Waals surface area (Å²) >= 11 is 5.95. The van der Waals surface area contributed by atoms with E-state index in [1.807, 2.05) is 18.2 Å². The molecule has 1 aliphatic rings. The van der Waals surface area contributed by atoms with Gasteiger partial charge in [0, 0.05) is 40.7 Å². The molecule has 1 aromatic carbocycles. The van der Waals surface area contributed by atoms with Gasteiger partial charge < -0.3 is 9.72 Å². The summed E-state index contributed by atoms with van der Waals surface area (Å²) in [4.78, 5) is 15.5. The minimum Gasteiger partial charge on any atom is -0.378 e. The van der Waals surface area contributed by atoms with E-state index in [1.54, 1.807) is 6.20 Å². The minimum atomic E-state index is 0.174. The zero-order valence-electron chi connectivity index (χ0n) is 11.3. The van der Waals surface area contributed by atoms with Gasteiger partial charge in [-0.15, -0.1) is 0 Å². The lowest BCUT2D eigenvalue weighted by Gasteiger charge is -2.22. The maximum absolute atomic E-state index is 12.3. The van der Waals surface area contributed by atoms with Gasteiger partial charge in [-0.1, -0.05) is 17.7 Å². The maximum atomic E-state index is 12.3. The van der Waals surface area contributed by atoms with Crippen LogP contribution in [0.3, 0.4) is 0 Å². The fraction of sp³-hybridized carbons (Fsp3) is 0.438. The summed E-state index contributed by atoms with van der Waals surface area (Å²) in [5.74, 6) is 0.174. The molecule has 0 aliphatic carbocycles. The molecule has 1 saturated heterocycles. The molecule has 20 heavy (non-hydrogen) atoms. The molecule has 2 heterocycles. The van der Waals surface area contributed by atoms with Gasteiger partial charge in [-0.25, -0.2) is 0 Å². The van der Waals surface area contributed by atoms with E-state index >= 15 is 0 Å². The summed E-state index contributed by atoms with van der Waals surface area (Å²) in [6.45, 7) is 0.838. The third kappa shape index (κ3) is 2.89. The number of fused-ring (bicyclic) bond motifs is 1. The van der Waals surface area contributed by atoms with Crippen LogP contribution in [0, 0.1) is 0 Å². The third-order valence-corrected chi connectivity index (χ3v) is 4.15. The average molecular weight is 292 g/mol. The average Bonchev–Trinajstić information content (AvgIpc) is 2.89. The van der Waals surface area contributed by atoms with Crippen molar-refractivity contribution < 1.29 is 9.53 Å². The van der Waals surface area contributed by atoms with E-state index in [9.17, 15) is 4.79 Å². The van der Waals surface area contributed by atoms with Crippen molar-refractivity contribution in [2.45, 2.75) is 38.2 Å². The molecule has 0 amide bonds. The molecule has 106 valence electrons. The van der Waals surface area contributed by atoms with Gasteiger partial charge in [-0.3, -0.25) is 4.79 Å². The minimum absolute atomic E-state index is 0.174. The van der Waals surface area contributed by atoms with Crippen LogP contribution in [0.5, 0.6) is 0 Å². The Kier molecular flexibility index (Phi) is 4.08. The van der Waals surface area contributed by atoms with Gasteiger partial charge in [-0.05, 0) is 37.8 Å². The van der Waals surface area contributed by atoms with Gasteiger partial charge in [0.15, 0.2) is 5.78 Å². The highest BCUT2D eigenvalue weighted by Gasteiger charge is 2.17. The zero-order chi connectivity index (χ0) is 13.9. The molecule has 1 aromatic heterocycles. The number of aromatic nitrogens is 1. The summed E-state index contributed by atoms with van der Waals surface area (Å²) in [6.07, 6.45) is 6.84. The van der Waals surface area contributed by atoms with Crippen LogP contribution in [-0.2, 0) is 4.74 Å². The van der Waals surface area contributed by atoms with Crippen LogP contribution < -0.4 is 0 Å². The number of benzene rings is 1. The third-order valence-electron chi connectivity index (χ3n) is 3.91. The maximum Gasteiger partial charge on any atom is 0.165 e. The quantitative estimate of drug-likeness (QED) is 0.851. The zero-order valence-corrected chi connectivity index (χ0v) is 12.1. The van der Waals surface area contributed by atoms with E-state index < -0.39 is 0 Å². The topological polar surface area (TPSA) is 42.1 Å².